The zero-order chi connectivity index (χ0) is 16.4. The van der Waals surface area contributed by atoms with Crippen LogP contribution in [0.15, 0.2) is 24.3 Å². The molecule has 1 aromatic carbocycles. The topological polar surface area (TPSA) is 70.0 Å². The molecule has 2 aliphatic heterocycles. The number of ether oxygens (including phenoxy) is 1. The third kappa shape index (κ3) is 3.42. The number of hydrogen-bond acceptors (Lipinski definition) is 5. The van der Waals surface area contributed by atoms with Crippen LogP contribution in [0.25, 0.3) is 0 Å². The second-order valence-electron chi connectivity index (χ2n) is 6.72. The van der Waals surface area contributed by atoms with Gasteiger partial charge in [-0.3, -0.25) is 4.79 Å². The molecule has 2 heterocycles. The van der Waals surface area contributed by atoms with Crippen LogP contribution in [0.4, 0.5) is 0 Å². The van der Waals surface area contributed by atoms with Crippen LogP contribution in [0.1, 0.15) is 42.7 Å². The molecule has 2 aliphatic rings. The Kier molecular flexibility index (Phi) is 4.99. The lowest BCUT2D eigenvalue weighted by atomic mass is 9.97. The summed E-state index contributed by atoms with van der Waals surface area (Å²) in [6.45, 7) is -0.302. The van der Waals surface area contributed by atoms with E-state index >= 15 is 0 Å². The van der Waals surface area contributed by atoms with Gasteiger partial charge in [0.25, 0.3) is 0 Å². The molecule has 5 nitrogen and oxygen atoms in total. The summed E-state index contributed by atoms with van der Waals surface area (Å²) in [4.78, 5) is 14.9. The summed E-state index contributed by atoms with van der Waals surface area (Å²) >= 11 is 0. The first-order valence-corrected chi connectivity index (χ1v) is 8.35. The van der Waals surface area contributed by atoms with Gasteiger partial charge in [-0.05, 0) is 43.9 Å². The molecule has 2 saturated heterocycles. The van der Waals surface area contributed by atoms with Crippen molar-refractivity contribution < 1.29 is 19.7 Å². The van der Waals surface area contributed by atoms with Crippen LogP contribution in [0, 0.1) is 0 Å². The second-order valence-corrected chi connectivity index (χ2v) is 6.72. The van der Waals surface area contributed by atoms with Crippen molar-refractivity contribution in [1.82, 2.24) is 4.90 Å². The number of carbonyl (C=O) groups is 1. The Labute approximate surface area is 136 Å². The van der Waals surface area contributed by atoms with Crippen LogP contribution < -0.4 is 0 Å². The highest BCUT2D eigenvalue weighted by atomic mass is 16.5. The van der Waals surface area contributed by atoms with E-state index in [2.05, 4.69) is 11.9 Å². The summed E-state index contributed by atoms with van der Waals surface area (Å²) in [6, 6.07) is 8.10. The third-order valence-corrected chi connectivity index (χ3v) is 5.37. The molecule has 126 valence electrons. The number of benzene rings is 1. The van der Waals surface area contributed by atoms with Crippen molar-refractivity contribution in [1.29, 1.82) is 0 Å². The minimum absolute atomic E-state index is 0.0348. The van der Waals surface area contributed by atoms with Crippen LogP contribution >= 0.6 is 0 Å². The molecule has 0 saturated carbocycles. The van der Waals surface area contributed by atoms with E-state index in [1.165, 1.54) is 12.8 Å². The Morgan fingerprint density at radius 3 is 2.35 bits per heavy atom. The quantitative estimate of drug-likeness (QED) is 0.803. The lowest BCUT2D eigenvalue weighted by Gasteiger charge is -2.36. The Morgan fingerprint density at radius 1 is 1.22 bits per heavy atom. The third-order valence-electron chi connectivity index (χ3n) is 5.37. The number of carbonyl (C=O) groups excluding carboxylic acids is 1. The van der Waals surface area contributed by atoms with E-state index in [1.807, 2.05) is 0 Å². The minimum Gasteiger partial charge on any atom is -0.462 e. The molecule has 1 aromatic rings. The van der Waals surface area contributed by atoms with E-state index in [-0.39, 0.29) is 25.3 Å². The molecule has 0 aromatic heterocycles. The summed E-state index contributed by atoms with van der Waals surface area (Å²) in [7, 11) is 2.15. The van der Waals surface area contributed by atoms with Crippen molar-refractivity contribution in [3.05, 3.63) is 35.4 Å². The number of aliphatic hydroxyl groups is 2. The van der Waals surface area contributed by atoms with Gasteiger partial charge in [-0.2, -0.15) is 0 Å². The first kappa shape index (κ1) is 16.4. The van der Waals surface area contributed by atoms with Crippen LogP contribution in [-0.4, -0.2) is 52.9 Å². The Bertz CT molecular complexity index is 530. The van der Waals surface area contributed by atoms with Crippen molar-refractivity contribution in [2.24, 2.45) is 0 Å². The van der Waals surface area contributed by atoms with Crippen LogP contribution in [0.5, 0.6) is 0 Å². The number of fused-ring (bicyclic) bond motifs is 2. The molecule has 2 bridgehead atoms. The first-order valence-electron chi connectivity index (χ1n) is 8.35. The molecule has 0 radical (unpaired) electrons. The van der Waals surface area contributed by atoms with E-state index in [0.29, 0.717) is 12.1 Å². The zero-order valence-corrected chi connectivity index (χ0v) is 13.5. The van der Waals surface area contributed by atoms with Crippen molar-refractivity contribution in [3.63, 3.8) is 0 Å². The van der Waals surface area contributed by atoms with Gasteiger partial charge in [0.15, 0.2) is 0 Å². The average Bonchev–Trinajstić information content (AvgIpc) is 2.77. The van der Waals surface area contributed by atoms with Gasteiger partial charge < -0.3 is 19.8 Å². The molecule has 2 N–H and O–H groups in total. The highest BCUT2D eigenvalue weighted by Gasteiger charge is 2.40. The van der Waals surface area contributed by atoms with Gasteiger partial charge in [-0.15, -0.1) is 0 Å². The monoisotopic (exact) mass is 319 g/mol. The molecule has 23 heavy (non-hydrogen) atoms. The Morgan fingerprint density at radius 2 is 1.83 bits per heavy atom. The number of rotatable bonds is 5. The molecular weight excluding hydrogens is 294 g/mol. The van der Waals surface area contributed by atoms with E-state index in [1.54, 1.807) is 24.3 Å². The maximum atomic E-state index is 12.5. The highest BCUT2D eigenvalue weighted by molar-refractivity contribution is 5.78. The van der Waals surface area contributed by atoms with Crippen molar-refractivity contribution in [3.8, 4) is 0 Å². The summed E-state index contributed by atoms with van der Waals surface area (Å²) in [6.07, 6.45) is 4.10. The second kappa shape index (κ2) is 6.99. The van der Waals surface area contributed by atoms with Gasteiger partial charge in [0.2, 0.25) is 0 Å². The standard InChI is InChI=1S/C18H25NO4/c1-19-14-6-7-15(19)9-16(8-14)23-18(22)17(11-21)13-4-2-12(10-20)3-5-13/h2-5,14-17,20-21H,6-11H2,1H3. The number of nitrogens with zero attached hydrogens (tertiary/aromatic N) is 1. The molecule has 3 rings (SSSR count). The van der Waals surface area contributed by atoms with E-state index in [4.69, 9.17) is 9.84 Å². The molecule has 0 amide bonds. The van der Waals surface area contributed by atoms with Crippen LogP contribution in [0.2, 0.25) is 0 Å². The first-order chi connectivity index (χ1) is 11.1. The van der Waals surface area contributed by atoms with Gasteiger partial charge >= 0.3 is 5.97 Å². The number of esters is 1. The van der Waals surface area contributed by atoms with E-state index in [0.717, 1.165) is 24.0 Å². The van der Waals surface area contributed by atoms with Crippen LogP contribution in [0.3, 0.4) is 0 Å². The molecule has 0 aliphatic carbocycles. The smallest absolute Gasteiger partial charge is 0.316 e. The van der Waals surface area contributed by atoms with Crippen LogP contribution in [-0.2, 0) is 16.1 Å². The minimum atomic E-state index is -0.653. The highest BCUT2D eigenvalue weighted by Crippen LogP contribution is 2.36. The van der Waals surface area contributed by atoms with Gasteiger partial charge in [-0.1, -0.05) is 24.3 Å². The summed E-state index contributed by atoms with van der Waals surface area (Å²) in [5.41, 5.74) is 1.51. The van der Waals surface area contributed by atoms with Gasteiger partial charge in [0, 0.05) is 12.1 Å². The fourth-order valence-corrected chi connectivity index (χ4v) is 3.88. The fraction of sp³-hybridized carbons (Fsp3) is 0.611. The predicted octanol–water partition coefficient (Wildman–Crippen LogP) is 1.42. The van der Waals surface area contributed by atoms with Crippen molar-refractivity contribution in [2.75, 3.05) is 13.7 Å². The maximum Gasteiger partial charge on any atom is 0.316 e. The molecule has 2 fully saturated rings. The van der Waals surface area contributed by atoms with Crippen molar-refractivity contribution in [2.45, 2.75) is 56.4 Å². The number of piperidine rings is 1. The largest absolute Gasteiger partial charge is 0.462 e. The lowest BCUT2D eigenvalue weighted by molar-refractivity contribution is -0.155. The molecule has 0 spiro atoms. The SMILES string of the molecule is CN1C2CCC1CC(OC(=O)C(CO)c1ccc(CO)cc1)C2. The fourth-order valence-electron chi connectivity index (χ4n) is 3.88. The molecule has 3 atom stereocenters. The summed E-state index contributed by atoms with van der Waals surface area (Å²) < 4.78 is 5.71. The van der Waals surface area contributed by atoms with Gasteiger partial charge in [0.05, 0.1) is 13.2 Å². The Balaban J connectivity index is 1.63. The molecular formula is C18H25NO4. The van der Waals surface area contributed by atoms with Gasteiger partial charge in [0.1, 0.15) is 12.0 Å². The molecule has 3 unspecified atom stereocenters. The normalized spacial score (nSPS) is 28.6. The Hall–Kier alpha value is -1.43. The number of aliphatic hydroxyl groups excluding tert-OH is 2. The maximum absolute atomic E-state index is 12.5. The summed E-state index contributed by atoms with van der Waals surface area (Å²) in [5.74, 6) is -1.00. The summed E-state index contributed by atoms with van der Waals surface area (Å²) in [5, 5.41) is 18.7. The van der Waals surface area contributed by atoms with Crippen molar-refractivity contribution >= 4 is 5.97 Å². The zero-order valence-electron chi connectivity index (χ0n) is 13.5. The van der Waals surface area contributed by atoms with Gasteiger partial charge in [-0.25, -0.2) is 0 Å². The lowest BCUT2D eigenvalue weighted by Crippen LogP contribution is -2.43. The average molecular weight is 319 g/mol. The predicted molar refractivity (Wildman–Crippen MR) is 85.9 cm³/mol. The van der Waals surface area contributed by atoms with E-state index in [9.17, 15) is 9.90 Å². The number of hydrogen-bond donors (Lipinski definition) is 2. The molecule has 5 heteroatoms. The van der Waals surface area contributed by atoms with E-state index < -0.39 is 5.92 Å².